The fourth-order valence-corrected chi connectivity index (χ4v) is 4.75. The molecular weight excluding hydrogens is 462 g/mol. The van der Waals surface area contributed by atoms with Crippen molar-refractivity contribution in [2.75, 3.05) is 18.6 Å². The van der Waals surface area contributed by atoms with Gasteiger partial charge in [0, 0.05) is 22.8 Å². The second-order valence-corrected chi connectivity index (χ2v) is 10.7. The van der Waals surface area contributed by atoms with E-state index in [9.17, 15) is 33.1 Å². The van der Waals surface area contributed by atoms with E-state index in [-0.39, 0.29) is 11.5 Å². The Morgan fingerprint density at radius 1 is 1.07 bits per heavy atom. The molecule has 0 aliphatic carbocycles. The van der Waals surface area contributed by atoms with Crippen molar-refractivity contribution >= 4 is 38.0 Å². The van der Waals surface area contributed by atoms with Crippen LogP contribution in [0.15, 0.2) is 5.16 Å². The van der Waals surface area contributed by atoms with Crippen LogP contribution in [0.3, 0.4) is 0 Å². The highest BCUT2D eigenvalue weighted by Gasteiger charge is 2.44. The molecule has 178 valence electrons. The highest BCUT2D eigenvalue weighted by atomic mass is 32.3. The summed E-state index contributed by atoms with van der Waals surface area (Å²) in [7, 11) is -5.61. The number of aliphatic hydroxyl groups is 4. The first-order valence-corrected chi connectivity index (χ1v) is 13.5. The van der Waals surface area contributed by atoms with Gasteiger partial charge in [0.25, 0.3) is 0 Å². The molecule has 0 amide bonds. The number of rotatable bonds is 13. The van der Waals surface area contributed by atoms with Crippen LogP contribution in [-0.2, 0) is 30.2 Å². The Morgan fingerprint density at radius 3 is 2.23 bits per heavy atom. The van der Waals surface area contributed by atoms with Gasteiger partial charge in [0.05, 0.1) is 6.61 Å². The molecule has 0 saturated carbocycles. The summed E-state index contributed by atoms with van der Waals surface area (Å²) in [6, 6.07) is 0. The van der Waals surface area contributed by atoms with Crippen LogP contribution < -0.4 is 0 Å². The summed E-state index contributed by atoms with van der Waals surface area (Å²) in [5, 5.41) is 42.5. The third-order valence-electron chi connectivity index (χ3n) is 4.41. The highest BCUT2D eigenvalue weighted by molar-refractivity contribution is 8.14. The lowest BCUT2D eigenvalue weighted by Crippen LogP contribution is -2.57. The van der Waals surface area contributed by atoms with E-state index in [1.807, 2.05) is 0 Å². The number of unbranched alkanes of at least 4 members (excludes halogenated alkanes) is 5. The molecule has 0 aromatic rings. The number of hydrogen-bond donors (Lipinski definition) is 5. The van der Waals surface area contributed by atoms with Crippen molar-refractivity contribution in [2.24, 2.45) is 5.16 Å². The molecule has 1 saturated heterocycles. The topological polar surface area (TPSA) is 183 Å². The van der Waals surface area contributed by atoms with Crippen molar-refractivity contribution in [3.8, 4) is 0 Å². The zero-order valence-electron chi connectivity index (χ0n) is 16.7. The standard InChI is InChI=1S/C16H31NO10S3/c1-29(22)9-7-5-3-2-4-6-8-12(17-27-30(23,24)25)28-16-15(21)14(20)13(19)11(10-18)26-16/h11,13-16,18-21H,2-10H2,1H3,(H,23,24,25). The number of ether oxygens (including phenoxy) is 1. The minimum atomic E-state index is -4.82. The van der Waals surface area contributed by atoms with Crippen LogP contribution in [0.25, 0.3) is 0 Å². The molecule has 6 unspecified atom stereocenters. The van der Waals surface area contributed by atoms with Gasteiger partial charge < -0.3 is 25.2 Å². The first kappa shape index (κ1) is 27.7. The SMILES string of the molecule is CS(=O)CCCCCCCCC(=NOS(=O)(=O)O)SC1OC(CO)C(O)C(O)C1O. The maximum Gasteiger partial charge on any atom is 0.466 e. The Kier molecular flexibility index (Phi) is 12.9. The molecule has 0 aromatic heterocycles. The van der Waals surface area contributed by atoms with E-state index in [2.05, 4.69) is 9.44 Å². The third kappa shape index (κ3) is 10.8. The number of hydrogen-bond acceptors (Lipinski definition) is 11. The summed E-state index contributed by atoms with van der Waals surface area (Å²) in [5.41, 5.74) is -1.14. The van der Waals surface area contributed by atoms with E-state index in [0.29, 0.717) is 12.2 Å². The lowest BCUT2D eigenvalue weighted by atomic mass is 10.0. The second kappa shape index (κ2) is 14.0. The predicted octanol–water partition coefficient (Wildman–Crippen LogP) is -0.238. The van der Waals surface area contributed by atoms with Gasteiger partial charge >= 0.3 is 10.4 Å². The molecule has 1 fully saturated rings. The van der Waals surface area contributed by atoms with Crippen molar-refractivity contribution in [3.05, 3.63) is 0 Å². The van der Waals surface area contributed by atoms with Crippen molar-refractivity contribution in [1.82, 2.24) is 0 Å². The molecule has 1 heterocycles. The Morgan fingerprint density at radius 2 is 1.67 bits per heavy atom. The van der Waals surface area contributed by atoms with E-state index in [0.717, 1.165) is 43.9 Å². The smallest absolute Gasteiger partial charge is 0.394 e. The second-order valence-electron chi connectivity index (χ2n) is 6.95. The first-order valence-electron chi connectivity index (χ1n) is 9.55. The molecule has 6 atom stereocenters. The van der Waals surface area contributed by atoms with Gasteiger partial charge in [-0.2, -0.15) is 8.42 Å². The molecule has 11 nitrogen and oxygen atoms in total. The molecule has 0 spiro atoms. The van der Waals surface area contributed by atoms with Crippen molar-refractivity contribution < 1.29 is 46.6 Å². The maximum absolute atomic E-state index is 11.0. The van der Waals surface area contributed by atoms with Crippen LogP contribution in [0.4, 0.5) is 0 Å². The molecule has 30 heavy (non-hydrogen) atoms. The quantitative estimate of drug-likeness (QED) is 0.0750. The summed E-state index contributed by atoms with van der Waals surface area (Å²) < 4.78 is 50.8. The molecule has 5 N–H and O–H groups in total. The first-order chi connectivity index (χ1) is 14.0. The zero-order valence-corrected chi connectivity index (χ0v) is 19.1. The minimum absolute atomic E-state index is 0.0957. The lowest BCUT2D eigenvalue weighted by molar-refractivity contribution is -0.205. The predicted molar refractivity (Wildman–Crippen MR) is 113 cm³/mol. The summed E-state index contributed by atoms with van der Waals surface area (Å²) in [6.45, 7) is -0.596. The molecule has 0 radical (unpaired) electrons. The fraction of sp³-hybridized carbons (Fsp3) is 0.938. The van der Waals surface area contributed by atoms with E-state index < -0.39 is 57.7 Å². The van der Waals surface area contributed by atoms with Gasteiger partial charge in [-0.15, -0.1) is 0 Å². The summed E-state index contributed by atoms with van der Waals surface area (Å²) in [4.78, 5) is 0. The van der Waals surface area contributed by atoms with E-state index in [1.54, 1.807) is 6.26 Å². The van der Waals surface area contributed by atoms with E-state index in [1.165, 1.54) is 0 Å². The Labute approximate surface area is 183 Å². The van der Waals surface area contributed by atoms with Crippen LogP contribution >= 0.6 is 11.8 Å². The zero-order chi connectivity index (χ0) is 22.7. The van der Waals surface area contributed by atoms with Gasteiger partial charge in [0.15, 0.2) is 0 Å². The molecule has 1 aliphatic rings. The summed E-state index contributed by atoms with van der Waals surface area (Å²) >= 11 is 0.776. The normalized spacial score (nSPS) is 29.0. The Hall–Kier alpha value is -0.320. The van der Waals surface area contributed by atoms with Gasteiger partial charge in [0.2, 0.25) is 0 Å². The molecule has 0 bridgehead atoms. The molecule has 1 aliphatic heterocycles. The summed E-state index contributed by atoms with van der Waals surface area (Å²) in [5.74, 6) is 0.680. The van der Waals surface area contributed by atoms with Crippen molar-refractivity contribution in [3.63, 3.8) is 0 Å². The van der Waals surface area contributed by atoms with Gasteiger partial charge in [-0.3, -0.25) is 8.76 Å². The average molecular weight is 494 g/mol. The lowest BCUT2D eigenvalue weighted by Gasteiger charge is -2.39. The third-order valence-corrected chi connectivity index (χ3v) is 6.71. The number of nitrogens with zero attached hydrogens (tertiary/aromatic N) is 1. The van der Waals surface area contributed by atoms with Gasteiger partial charge in [0.1, 0.15) is 34.9 Å². The number of aliphatic hydroxyl groups excluding tert-OH is 4. The maximum atomic E-state index is 11.0. The molecule has 0 aromatic carbocycles. The number of thioether (sulfide) groups is 1. The summed E-state index contributed by atoms with van der Waals surface area (Å²) in [6.07, 6.45) is 1.35. The van der Waals surface area contributed by atoms with E-state index >= 15 is 0 Å². The fourth-order valence-electron chi connectivity index (χ4n) is 2.80. The molecule has 14 heteroatoms. The van der Waals surface area contributed by atoms with Gasteiger partial charge in [-0.25, -0.2) is 4.28 Å². The van der Waals surface area contributed by atoms with Gasteiger partial charge in [-0.05, 0) is 19.3 Å². The van der Waals surface area contributed by atoms with Crippen LogP contribution in [0, 0.1) is 0 Å². The monoisotopic (exact) mass is 493 g/mol. The van der Waals surface area contributed by atoms with Crippen LogP contribution in [0.2, 0.25) is 0 Å². The van der Waals surface area contributed by atoms with Crippen molar-refractivity contribution in [1.29, 1.82) is 0 Å². The largest absolute Gasteiger partial charge is 0.466 e. The van der Waals surface area contributed by atoms with Crippen LogP contribution in [0.5, 0.6) is 0 Å². The highest BCUT2D eigenvalue weighted by Crippen LogP contribution is 2.30. The van der Waals surface area contributed by atoms with Crippen LogP contribution in [-0.4, -0.2) is 91.1 Å². The Bertz CT molecular complexity index is 658. The van der Waals surface area contributed by atoms with E-state index in [4.69, 9.17) is 9.29 Å². The molecule has 1 rings (SSSR count). The van der Waals surface area contributed by atoms with Crippen molar-refractivity contribution in [2.45, 2.75) is 74.8 Å². The molecular formula is C16H31NO10S3. The van der Waals surface area contributed by atoms with Crippen LogP contribution in [0.1, 0.15) is 44.9 Å². The minimum Gasteiger partial charge on any atom is -0.394 e. The average Bonchev–Trinajstić information content (AvgIpc) is 2.67. The Balaban J connectivity index is 2.58. The van der Waals surface area contributed by atoms with Gasteiger partial charge in [-0.1, -0.05) is 42.6 Å². The number of oxime groups is 1.